The molecule has 6 heteroatoms. The number of ether oxygens (including phenoxy) is 1. The van der Waals surface area contributed by atoms with Crippen LogP contribution >= 0.6 is 0 Å². The molecule has 1 aliphatic heterocycles. The van der Waals surface area contributed by atoms with Crippen LogP contribution < -0.4 is 10.1 Å². The van der Waals surface area contributed by atoms with Crippen LogP contribution in [-0.2, 0) is 17.9 Å². The molecule has 3 rings (SSSR count). The van der Waals surface area contributed by atoms with Crippen molar-refractivity contribution in [2.75, 3.05) is 20.1 Å². The number of hydrogen-bond donors (Lipinski definition) is 1. The second-order valence-electron chi connectivity index (χ2n) is 7.00. The molecule has 0 atom stereocenters. The molecule has 0 aliphatic carbocycles. The van der Waals surface area contributed by atoms with Gasteiger partial charge in [-0.2, -0.15) is 5.26 Å². The molecule has 140 valence electrons. The summed E-state index contributed by atoms with van der Waals surface area (Å²) in [6.45, 7) is 6.84. The number of nitrogens with zero attached hydrogens (tertiary/aromatic N) is 3. The van der Waals surface area contributed by atoms with Gasteiger partial charge in [0.2, 0.25) is 5.91 Å². The van der Waals surface area contributed by atoms with Crippen molar-refractivity contribution in [1.82, 2.24) is 15.2 Å². The van der Waals surface area contributed by atoms with E-state index in [1.54, 1.807) is 25.4 Å². The topological polar surface area (TPSA) is 78.3 Å². The Labute approximate surface area is 159 Å². The largest absolute Gasteiger partial charge is 0.487 e. The van der Waals surface area contributed by atoms with Gasteiger partial charge in [-0.3, -0.25) is 14.7 Å². The van der Waals surface area contributed by atoms with Gasteiger partial charge in [0, 0.05) is 32.9 Å². The first-order valence-electron chi connectivity index (χ1n) is 9.02. The van der Waals surface area contributed by atoms with E-state index in [4.69, 9.17) is 10.00 Å². The zero-order valence-electron chi connectivity index (χ0n) is 16.0. The molecule has 1 aromatic heterocycles. The third-order valence-corrected chi connectivity index (χ3v) is 4.81. The summed E-state index contributed by atoms with van der Waals surface area (Å²) in [5, 5.41) is 11.7. The zero-order valence-corrected chi connectivity index (χ0v) is 16.0. The van der Waals surface area contributed by atoms with Crippen molar-refractivity contribution in [2.45, 2.75) is 27.0 Å². The first-order chi connectivity index (χ1) is 13.0. The van der Waals surface area contributed by atoms with E-state index in [-0.39, 0.29) is 11.8 Å². The van der Waals surface area contributed by atoms with E-state index in [1.807, 2.05) is 13.8 Å². The number of hydrogen-bond acceptors (Lipinski definition) is 5. The van der Waals surface area contributed by atoms with E-state index in [9.17, 15) is 4.79 Å². The third kappa shape index (κ3) is 4.44. The minimum absolute atomic E-state index is 0.108. The molecule has 0 radical (unpaired) electrons. The van der Waals surface area contributed by atoms with Crippen LogP contribution in [0.4, 0.5) is 0 Å². The first kappa shape index (κ1) is 18.9. The molecular formula is C21H24N4O2. The number of nitrogens with one attached hydrogen (secondary N) is 1. The van der Waals surface area contributed by atoms with E-state index >= 15 is 0 Å². The molecule has 1 amide bonds. The third-order valence-electron chi connectivity index (χ3n) is 4.81. The number of carbonyl (C=O) groups excluding carboxylic acids is 1. The molecule has 6 nitrogen and oxygen atoms in total. The zero-order chi connectivity index (χ0) is 19.4. The molecule has 0 saturated carbocycles. The number of rotatable bonds is 6. The molecule has 2 aromatic rings. The van der Waals surface area contributed by atoms with Crippen LogP contribution in [0.5, 0.6) is 5.75 Å². The molecule has 27 heavy (non-hydrogen) atoms. The van der Waals surface area contributed by atoms with Gasteiger partial charge >= 0.3 is 0 Å². The standard InChI is InChI=1S/C21H24N4O2/c1-14-6-17(10-25-11-18(12-25)21(26)23-3)7-15(2)20(14)27-13-19-8-16(9-22)4-5-24-19/h4-8,18H,10-13H2,1-3H3,(H,23,26). The van der Waals surface area contributed by atoms with Crippen LogP contribution in [0.3, 0.4) is 0 Å². The van der Waals surface area contributed by atoms with Gasteiger partial charge in [-0.25, -0.2) is 0 Å². The fourth-order valence-electron chi connectivity index (χ4n) is 3.46. The minimum atomic E-state index is 0.108. The average Bonchev–Trinajstić information content (AvgIpc) is 2.63. The Balaban J connectivity index is 1.61. The number of aryl methyl sites for hydroxylation is 2. The van der Waals surface area contributed by atoms with Crippen molar-refractivity contribution in [3.63, 3.8) is 0 Å². The highest BCUT2D eigenvalue weighted by atomic mass is 16.5. The van der Waals surface area contributed by atoms with Crippen molar-refractivity contribution in [3.8, 4) is 11.8 Å². The molecule has 1 aliphatic rings. The SMILES string of the molecule is CNC(=O)C1CN(Cc2cc(C)c(OCc3cc(C#N)ccn3)c(C)c2)C1. The molecule has 2 heterocycles. The Morgan fingerprint density at radius 2 is 2.04 bits per heavy atom. The summed E-state index contributed by atoms with van der Waals surface area (Å²) >= 11 is 0. The van der Waals surface area contributed by atoms with E-state index in [2.05, 4.69) is 33.4 Å². The Bertz CT molecular complexity index is 859. The molecule has 0 unspecified atom stereocenters. The van der Waals surface area contributed by atoms with Crippen molar-refractivity contribution >= 4 is 5.91 Å². The lowest BCUT2D eigenvalue weighted by Gasteiger charge is -2.38. The second-order valence-corrected chi connectivity index (χ2v) is 7.00. The minimum Gasteiger partial charge on any atom is -0.487 e. The summed E-state index contributed by atoms with van der Waals surface area (Å²) in [6, 6.07) is 9.80. The predicted octanol–water partition coefficient (Wildman–Crippen LogP) is 2.33. The van der Waals surface area contributed by atoms with Crippen molar-refractivity contribution in [2.24, 2.45) is 5.92 Å². The Morgan fingerprint density at radius 1 is 1.33 bits per heavy atom. The molecule has 1 aromatic carbocycles. The van der Waals surface area contributed by atoms with Crippen LogP contribution in [-0.4, -0.2) is 35.9 Å². The number of amides is 1. The molecule has 1 N–H and O–H groups in total. The maximum atomic E-state index is 11.6. The lowest BCUT2D eigenvalue weighted by Crippen LogP contribution is -2.52. The maximum Gasteiger partial charge on any atom is 0.225 e. The van der Waals surface area contributed by atoms with Crippen molar-refractivity contribution < 1.29 is 9.53 Å². The van der Waals surface area contributed by atoms with Crippen LogP contribution in [0.25, 0.3) is 0 Å². The summed E-state index contributed by atoms with van der Waals surface area (Å²) in [5.74, 6) is 1.09. The fourth-order valence-corrected chi connectivity index (χ4v) is 3.46. The predicted molar refractivity (Wildman–Crippen MR) is 102 cm³/mol. The second kappa shape index (κ2) is 8.19. The van der Waals surface area contributed by atoms with E-state index in [0.717, 1.165) is 42.2 Å². The average molecular weight is 364 g/mol. The van der Waals surface area contributed by atoms with Gasteiger partial charge in [0.05, 0.1) is 23.2 Å². The summed E-state index contributed by atoms with van der Waals surface area (Å²) in [5.41, 5.74) is 4.68. The van der Waals surface area contributed by atoms with Crippen LogP contribution in [0.1, 0.15) is 27.9 Å². The van der Waals surface area contributed by atoms with Gasteiger partial charge in [-0.05, 0) is 42.7 Å². The normalized spacial score (nSPS) is 14.3. The molecule has 1 fully saturated rings. The van der Waals surface area contributed by atoms with E-state index in [0.29, 0.717) is 12.2 Å². The quantitative estimate of drug-likeness (QED) is 0.851. The highest BCUT2D eigenvalue weighted by Gasteiger charge is 2.31. The highest BCUT2D eigenvalue weighted by molar-refractivity contribution is 5.79. The van der Waals surface area contributed by atoms with Gasteiger partial charge in [0.15, 0.2) is 0 Å². The Kier molecular flexibility index (Phi) is 5.72. The first-order valence-corrected chi connectivity index (χ1v) is 9.02. The molecular weight excluding hydrogens is 340 g/mol. The number of likely N-dealkylation sites (tertiary alicyclic amines) is 1. The van der Waals surface area contributed by atoms with Crippen molar-refractivity contribution in [1.29, 1.82) is 5.26 Å². The highest BCUT2D eigenvalue weighted by Crippen LogP contribution is 2.27. The molecule has 0 spiro atoms. The van der Waals surface area contributed by atoms with Crippen molar-refractivity contribution in [3.05, 3.63) is 58.4 Å². The van der Waals surface area contributed by atoms with Gasteiger partial charge < -0.3 is 10.1 Å². The Hall–Kier alpha value is -2.91. The van der Waals surface area contributed by atoms with E-state index < -0.39 is 0 Å². The van der Waals surface area contributed by atoms with Gasteiger partial charge in [-0.1, -0.05) is 12.1 Å². The number of pyridine rings is 1. The monoisotopic (exact) mass is 364 g/mol. The molecule has 0 bridgehead atoms. The summed E-state index contributed by atoms with van der Waals surface area (Å²) in [4.78, 5) is 18.1. The maximum absolute atomic E-state index is 11.6. The van der Waals surface area contributed by atoms with Crippen LogP contribution in [0, 0.1) is 31.1 Å². The number of nitriles is 1. The number of benzene rings is 1. The van der Waals surface area contributed by atoms with Gasteiger partial charge in [0.1, 0.15) is 12.4 Å². The summed E-state index contributed by atoms with van der Waals surface area (Å²) < 4.78 is 5.98. The van der Waals surface area contributed by atoms with Gasteiger partial charge in [-0.15, -0.1) is 0 Å². The lowest BCUT2D eigenvalue weighted by atomic mass is 9.97. The number of carbonyl (C=O) groups is 1. The summed E-state index contributed by atoms with van der Waals surface area (Å²) in [6.07, 6.45) is 1.62. The summed E-state index contributed by atoms with van der Waals surface area (Å²) in [7, 11) is 1.68. The fraction of sp³-hybridized carbons (Fsp3) is 0.381. The van der Waals surface area contributed by atoms with E-state index in [1.165, 1.54) is 5.56 Å². The lowest BCUT2D eigenvalue weighted by molar-refractivity contribution is -0.129. The van der Waals surface area contributed by atoms with Crippen LogP contribution in [0.2, 0.25) is 0 Å². The number of aromatic nitrogens is 1. The smallest absolute Gasteiger partial charge is 0.225 e. The van der Waals surface area contributed by atoms with Crippen LogP contribution in [0.15, 0.2) is 30.5 Å². The Morgan fingerprint density at radius 3 is 2.67 bits per heavy atom. The van der Waals surface area contributed by atoms with Gasteiger partial charge in [0.25, 0.3) is 0 Å². The molecule has 1 saturated heterocycles.